The number of methoxy groups -OCH3 is 1. The van der Waals surface area contributed by atoms with Crippen LogP contribution in [0, 0.1) is 0 Å². The molecule has 0 saturated carbocycles. The first-order valence-corrected chi connectivity index (χ1v) is 6.83. The van der Waals surface area contributed by atoms with E-state index in [-0.39, 0.29) is 0 Å². The van der Waals surface area contributed by atoms with E-state index in [0.717, 1.165) is 31.9 Å². The number of ether oxygens (including phenoxy) is 1. The quantitative estimate of drug-likeness (QED) is 0.832. The van der Waals surface area contributed by atoms with E-state index in [9.17, 15) is 0 Å². The SMILES string of the molecule is COc1ccnc(N2CCCC[C@H]2Cn2cncn2)n1. The fraction of sp³-hybridized carbons (Fsp3) is 0.538. The smallest absolute Gasteiger partial charge is 0.228 e. The summed E-state index contributed by atoms with van der Waals surface area (Å²) in [4.78, 5) is 15.1. The van der Waals surface area contributed by atoms with Gasteiger partial charge in [-0.05, 0) is 19.3 Å². The maximum Gasteiger partial charge on any atom is 0.228 e. The molecule has 0 unspecified atom stereocenters. The van der Waals surface area contributed by atoms with Crippen LogP contribution in [0.15, 0.2) is 24.9 Å². The summed E-state index contributed by atoms with van der Waals surface area (Å²) in [5, 5.41) is 4.19. The monoisotopic (exact) mass is 274 g/mol. The van der Waals surface area contributed by atoms with Crippen LogP contribution in [0.4, 0.5) is 5.95 Å². The van der Waals surface area contributed by atoms with Gasteiger partial charge in [-0.25, -0.2) is 9.97 Å². The molecule has 3 heterocycles. The third-order valence-electron chi connectivity index (χ3n) is 3.57. The second-order valence-corrected chi connectivity index (χ2v) is 4.86. The Morgan fingerprint density at radius 3 is 3.15 bits per heavy atom. The molecule has 2 aromatic heterocycles. The molecule has 0 amide bonds. The summed E-state index contributed by atoms with van der Waals surface area (Å²) >= 11 is 0. The maximum atomic E-state index is 5.18. The van der Waals surface area contributed by atoms with Gasteiger partial charge in [-0.2, -0.15) is 10.1 Å². The van der Waals surface area contributed by atoms with Crippen LogP contribution in [0.25, 0.3) is 0 Å². The van der Waals surface area contributed by atoms with E-state index < -0.39 is 0 Å². The van der Waals surface area contributed by atoms with E-state index in [1.807, 2.05) is 4.68 Å². The van der Waals surface area contributed by atoms with Crippen molar-refractivity contribution in [2.45, 2.75) is 31.8 Å². The Morgan fingerprint density at radius 2 is 2.35 bits per heavy atom. The molecule has 7 nitrogen and oxygen atoms in total. The lowest BCUT2D eigenvalue weighted by atomic mass is 10.0. The van der Waals surface area contributed by atoms with Gasteiger partial charge in [-0.1, -0.05) is 0 Å². The molecule has 0 aliphatic carbocycles. The van der Waals surface area contributed by atoms with E-state index >= 15 is 0 Å². The minimum Gasteiger partial charge on any atom is -0.481 e. The van der Waals surface area contributed by atoms with E-state index in [2.05, 4.69) is 25.0 Å². The highest BCUT2D eigenvalue weighted by atomic mass is 16.5. The standard InChI is InChI=1S/C13H18N6O/c1-20-12-5-6-15-13(17-12)19-7-3-2-4-11(19)8-18-10-14-9-16-18/h5-6,9-11H,2-4,7-8H2,1H3/t11-/m0/s1. The largest absolute Gasteiger partial charge is 0.481 e. The molecule has 1 aliphatic rings. The number of hydrogen-bond acceptors (Lipinski definition) is 6. The molecular weight excluding hydrogens is 256 g/mol. The summed E-state index contributed by atoms with van der Waals surface area (Å²) < 4.78 is 7.05. The molecule has 106 valence electrons. The van der Waals surface area contributed by atoms with Gasteiger partial charge >= 0.3 is 0 Å². The minimum absolute atomic E-state index is 0.345. The third-order valence-corrected chi connectivity index (χ3v) is 3.57. The molecule has 0 radical (unpaired) electrons. The van der Waals surface area contributed by atoms with Crippen LogP contribution >= 0.6 is 0 Å². The van der Waals surface area contributed by atoms with Gasteiger partial charge in [0.1, 0.15) is 12.7 Å². The van der Waals surface area contributed by atoms with Crippen LogP contribution in [-0.2, 0) is 6.54 Å². The van der Waals surface area contributed by atoms with Crippen LogP contribution in [-0.4, -0.2) is 44.4 Å². The number of rotatable bonds is 4. The Morgan fingerprint density at radius 1 is 1.40 bits per heavy atom. The molecule has 20 heavy (non-hydrogen) atoms. The van der Waals surface area contributed by atoms with Crippen molar-refractivity contribution in [2.24, 2.45) is 0 Å². The molecule has 1 saturated heterocycles. The highest BCUT2D eigenvalue weighted by Gasteiger charge is 2.25. The van der Waals surface area contributed by atoms with E-state index in [1.54, 1.807) is 32.0 Å². The van der Waals surface area contributed by atoms with Crippen LogP contribution in [0.1, 0.15) is 19.3 Å². The number of nitrogens with zero attached hydrogens (tertiary/aromatic N) is 6. The number of piperidine rings is 1. The van der Waals surface area contributed by atoms with Gasteiger partial charge in [0.05, 0.1) is 19.7 Å². The summed E-state index contributed by atoms with van der Waals surface area (Å²) in [6.45, 7) is 1.77. The fourth-order valence-electron chi connectivity index (χ4n) is 2.58. The molecule has 0 aromatic carbocycles. The summed E-state index contributed by atoms with van der Waals surface area (Å²) in [6, 6.07) is 2.11. The van der Waals surface area contributed by atoms with Crippen molar-refractivity contribution >= 4 is 5.95 Å². The van der Waals surface area contributed by atoms with E-state index in [4.69, 9.17) is 4.74 Å². The van der Waals surface area contributed by atoms with Gasteiger partial charge in [0.15, 0.2) is 0 Å². The van der Waals surface area contributed by atoms with Gasteiger partial charge in [-0.15, -0.1) is 0 Å². The molecule has 0 spiro atoms. The zero-order chi connectivity index (χ0) is 13.8. The average molecular weight is 274 g/mol. The van der Waals surface area contributed by atoms with Crippen molar-refractivity contribution in [3.8, 4) is 5.88 Å². The Kier molecular flexibility index (Phi) is 3.76. The van der Waals surface area contributed by atoms with Crippen molar-refractivity contribution < 1.29 is 4.74 Å². The van der Waals surface area contributed by atoms with Gasteiger partial charge < -0.3 is 9.64 Å². The molecule has 1 fully saturated rings. The molecule has 0 bridgehead atoms. The third kappa shape index (κ3) is 2.71. The van der Waals surface area contributed by atoms with Gasteiger partial charge in [0, 0.05) is 18.8 Å². The van der Waals surface area contributed by atoms with Gasteiger partial charge in [0.2, 0.25) is 11.8 Å². The molecular formula is C13H18N6O. The highest BCUT2D eigenvalue weighted by Crippen LogP contribution is 2.23. The van der Waals surface area contributed by atoms with Crippen molar-refractivity contribution in [1.82, 2.24) is 24.7 Å². The molecule has 1 atom stereocenters. The summed E-state index contributed by atoms with van der Waals surface area (Å²) in [5.74, 6) is 1.33. The fourth-order valence-corrected chi connectivity index (χ4v) is 2.58. The zero-order valence-electron chi connectivity index (χ0n) is 11.5. The van der Waals surface area contributed by atoms with Crippen molar-refractivity contribution in [1.29, 1.82) is 0 Å². The van der Waals surface area contributed by atoms with Crippen LogP contribution < -0.4 is 9.64 Å². The number of aromatic nitrogens is 5. The second kappa shape index (κ2) is 5.85. The zero-order valence-corrected chi connectivity index (χ0v) is 11.5. The molecule has 0 N–H and O–H groups in total. The Bertz CT molecular complexity index is 544. The normalized spacial score (nSPS) is 19.1. The Labute approximate surface area is 117 Å². The lowest BCUT2D eigenvalue weighted by Crippen LogP contribution is -2.43. The highest BCUT2D eigenvalue weighted by molar-refractivity contribution is 5.34. The first kappa shape index (κ1) is 12.8. The van der Waals surface area contributed by atoms with Gasteiger partial charge in [0.25, 0.3) is 0 Å². The van der Waals surface area contributed by atoms with E-state index in [1.165, 1.54) is 6.42 Å². The predicted molar refractivity (Wildman–Crippen MR) is 73.6 cm³/mol. The first-order chi connectivity index (χ1) is 9.86. The number of anilines is 1. The van der Waals surface area contributed by atoms with Crippen molar-refractivity contribution in [3.63, 3.8) is 0 Å². The lowest BCUT2D eigenvalue weighted by Gasteiger charge is -2.35. The lowest BCUT2D eigenvalue weighted by molar-refractivity contribution is 0.381. The van der Waals surface area contributed by atoms with Crippen molar-refractivity contribution in [3.05, 3.63) is 24.9 Å². The molecule has 3 rings (SSSR count). The molecule has 1 aliphatic heterocycles. The van der Waals surface area contributed by atoms with E-state index in [0.29, 0.717) is 11.9 Å². The van der Waals surface area contributed by atoms with Crippen LogP contribution in [0.5, 0.6) is 5.88 Å². The number of hydrogen-bond donors (Lipinski definition) is 0. The average Bonchev–Trinajstić information content (AvgIpc) is 3.01. The predicted octanol–water partition coefficient (Wildman–Crippen LogP) is 1.14. The van der Waals surface area contributed by atoms with Crippen LogP contribution in [0.2, 0.25) is 0 Å². The maximum absolute atomic E-state index is 5.18. The summed E-state index contributed by atoms with van der Waals surface area (Å²) in [5.41, 5.74) is 0. The second-order valence-electron chi connectivity index (χ2n) is 4.86. The molecule has 7 heteroatoms. The van der Waals surface area contributed by atoms with Crippen molar-refractivity contribution in [2.75, 3.05) is 18.6 Å². The molecule has 2 aromatic rings. The topological polar surface area (TPSA) is 69.0 Å². The first-order valence-electron chi connectivity index (χ1n) is 6.83. The Hall–Kier alpha value is -2.18. The summed E-state index contributed by atoms with van der Waals surface area (Å²) in [7, 11) is 1.62. The Balaban J connectivity index is 1.80. The minimum atomic E-state index is 0.345. The van der Waals surface area contributed by atoms with Crippen LogP contribution in [0.3, 0.4) is 0 Å². The summed E-state index contributed by atoms with van der Waals surface area (Å²) in [6.07, 6.45) is 8.55. The van der Waals surface area contributed by atoms with Gasteiger partial charge in [-0.3, -0.25) is 4.68 Å².